The van der Waals surface area contributed by atoms with Gasteiger partial charge in [-0.05, 0) is 19.1 Å². The standard InChI is InChI=1S/C13H15N5O6S/c1-3-24-13(19)9-7-15-17(2)12(9)16-10-5-4-8(25(14,22)23)6-11(10)18(20)21/h4-7,16H,3H2,1-2H3,(H2,14,22,23). The van der Waals surface area contributed by atoms with E-state index in [9.17, 15) is 23.3 Å². The quantitative estimate of drug-likeness (QED) is 0.431. The summed E-state index contributed by atoms with van der Waals surface area (Å²) in [6.07, 6.45) is 1.25. The second-order valence-corrected chi connectivity index (χ2v) is 6.42. The Hall–Kier alpha value is -2.99. The highest BCUT2D eigenvalue weighted by Gasteiger charge is 2.23. The number of hydrogen-bond donors (Lipinski definition) is 2. The minimum Gasteiger partial charge on any atom is -0.462 e. The van der Waals surface area contributed by atoms with Crippen molar-refractivity contribution in [1.29, 1.82) is 0 Å². The van der Waals surface area contributed by atoms with Crippen LogP contribution in [0.5, 0.6) is 0 Å². The fraction of sp³-hybridized carbons (Fsp3) is 0.231. The highest BCUT2D eigenvalue weighted by molar-refractivity contribution is 7.89. The monoisotopic (exact) mass is 369 g/mol. The van der Waals surface area contributed by atoms with Crippen molar-refractivity contribution < 1.29 is 22.9 Å². The van der Waals surface area contributed by atoms with E-state index >= 15 is 0 Å². The number of benzene rings is 1. The number of nitrogens with zero attached hydrogens (tertiary/aromatic N) is 3. The Morgan fingerprint density at radius 3 is 2.72 bits per heavy atom. The molecule has 0 radical (unpaired) electrons. The first kappa shape index (κ1) is 18.4. The summed E-state index contributed by atoms with van der Waals surface area (Å²) in [5.74, 6) is -0.494. The first-order chi connectivity index (χ1) is 11.6. The van der Waals surface area contributed by atoms with Crippen molar-refractivity contribution in [2.75, 3.05) is 11.9 Å². The minimum absolute atomic E-state index is 0.0356. The largest absolute Gasteiger partial charge is 0.462 e. The zero-order valence-electron chi connectivity index (χ0n) is 13.3. The van der Waals surface area contributed by atoms with Gasteiger partial charge in [-0.25, -0.2) is 18.4 Å². The van der Waals surface area contributed by atoms with Crippen molar-refractivity contribution in [2.24, 2.45) is 12.2 Å². The topological polar surface area (TPSA) is 159 Å². The van der Waals surface area contributed by atoms with Gasteiger partial charge in [-0.3, -0.25) is 14.8 Å². The molecular weight excluding hydrogens is 354 g/mol. The van der Waals surface area contributed by atoms with Gasteiger partial charge in [-0.15, -0.1) is 0 Å². The molecule has 2 rings (SSSR count). The molecule has 11 nitrogen and oxygen atoms in total. The second kappa shape index (κ2) is 6.86. The highest BCUT2D eigenvalue weighted by atomic mass is 32.2. The van der Waals surface area contributed by atoms with E-state index in [1.807, 2.05) is 0 Å². The molecule has 1 aromatic heterocycles. The SMILES string of the molecule is CCOC(=O)c1cnn(C)c1Nc1ccc(S(N)(=O)=O)cc1[N+](=O)[O-]. The molecule has 0 aliphatic carbocycles. The zero-order chi connectivity index (χ0) is 18.8. The molecule has 0 bridgehead atoms. The lowest BCUT2D eigenvalue weighted by atomic mass is 10.2. The first-order valence-corrected chi connectivity index (χ1v) is 8.47. The molecule has 134 valence electrons. The number of aromatic nitrogens is 2. The van der Waals surface area contributed by atoms with Crippen molar-refractivity contribution in [3.05, 3.63) is 40.1 Å². The summed E-state index contributed by atoms with van der Waals surface area (Å²) < 4.78 is 28.9. The molecule has 0 aliphatic rings. The van der Waals surface area contributed by atoms with Crippen LogP contribution in [0.15, 0.2) is 29.3 Å². The molecule has 1 heterocycles. The Labute approximate surface area is 142 Å². The van der Waals surface area contributed by atoms with Crippen LogP contribution in [0.4, 0.5) is 17.2 Å². The molecule has 0 spiro atoms. The van der Waals surface area contributed by atoms with Gasteiger partial charge in [0.25, 0.3) is 5.69 Å². The Kier molecular flexibility index (Phi) is 5.04. The van der Waals surface area contributed by atoms with Crippen LogP contribution in [-0.2, 0) is 21.8 Å². The van der Waals surface area contributed by atoms with Gasteiger partial charge in [0, 0.05) is 13.1 Å². The number of rotatable bonds is 6. The number of primary sulfonamides is 1. The summed E-state index contributed by atoms with van der Waals surface area (Å²) in [6, 6.07) is 3.13. The van der Waals surface area contributed by atoms with Crippen molar-refractivity contribution in [3.63, 3.8) is 0 Å². The van der Waals surface area contributed by atoms with Gasteiger partial charge in [-0.2, -0.15) is 5.10 Å². The molecule has 1 aromatic carbocycles. The molecule has 2 aromatic rings. The maximum atomic E-state index is 11.9. The lowest BCUT2D eigenvalue weighted by molar-refractivity contribution is -0.384. The van der Waals surface area contributed by atoms with Gasteiger partial charge in [0.1, 0.15) is 17.1 Å². The van der Waals surface area contributed by atoms with Crippen LogP contribution in [-0.4, -0.2) is 35.7 Å². The van der Waals surface area contributed by atoms with Crippen LogP contribution >= 0.6 is 0 Å². The molecule has 0 saturated carbocycles. The average Bonchev–Trinajstić information content (AvgIpc) is 2.88. The number of nitrogens with two attached hydrogens (primary N) is 1. The highest BCUT2D eigenvalue weighted by Crippen LogP contribution is 2.31. The molecule has 0 atom stereocenters. The van der Waals surface area contributed by atoms with Crippen LogP contribution in [0.1, 0.15) is 17.3 Å². The number of aryl methyl sites for hydroxylation is 1. The predicted octanol–water partition coefficient (Wildman–Crippen LogP) is 0.896. The lowest BCUT2D eigenvalue weighted by Crippen LogP contribution is -2.13. The first-order valence-electron chi connectivity index (χ1n) is 6.92. The fourth-order valence-electron chi connectivity index (χ4n) is 2.02. The van der Waals surface area contributed by atoms with E-state index in [-0.39, 0.29) is 23.7 Å². The smallest absolute Gasteiger partial charge is 0.343 e. The number of nitro benzene ring substituents is 1. The summed E-state index contributed by atoms with van der Waals surface area (Å²) in [5.41, 5.74) is -0.483. The van der Waals surface area contributed by atoms with Crippen molar-refractivity contribution >= 4 is 33.2 Å². The van der Waals surface area contributed by atoms with Gasteiger partial charge in [0.05, 0.1) is 22.6 Å². The van der Waals surface area contributed by atoms with Gasteiger partial charge in [-0.1, -0.05) is 0 Å². The van der Waals surface area contributed by atoms with Crippen LogP contribution in [0, 0.1) is 10.1 Å². The molecular formula is C13H15N5O6S. The van der Waals surface area contributed by atoms with Crippen molar-refractivity contribution in [1.82, 2.24) is 9.78 Å². The maximum Gasteiger partial charge on any atom is 0.343 e. The van der Waals surface area contributed by atoms with E-state index in [4.69, 9.17) is 9.88 Å². The summed E-state index contributed by atoms with van der Waals surface area (Å²) in [4.78, 5) is 22.0. The minimum atomic E-state index is -4.10. The number of esters is 1. The molecule has 0 aliphatic heterocycles. The number of anilines is 2. The maximum absolute atomic E-state index is 11.9. The number of hydrogen-bond acceptors (Lipinski definition) is 8. The van der Waals surface area contributed by atoms with Gasteiger partial charge in [0.15, 0.2) is 0 Å². The van der Waals surface area contributed by atoms with E-state index in [0.717, 1.165) is 12.1 Å². The average molecular weight is 369 g/mol. The summed E-state index contributed by atoms with van der Waals surface area (Å²) in [6.45, 7) is 1.79. The second-order valence-electron chi connectivity index (χ2n) is 4.86. The van der Waals surface area contributed by atoms with Crippen molar-refractivity contribution in [3.8, 4) is 0 Å². The Morgan fingerprint density at radius 1 is 1.48 bits per heavy atom. The number of nitro groups is 1. The van der Waals surface area contributed by atoms with Crippen LogP contribution in [0.25, 0.3) is 0 Å². The van der Waals surface area contributed by atoms with Crippen LogP contribution in [0.2, 0.25) is 0 Å². The Morgan fingerprint density at radius 2 is 2.16 bits per heavy atom. The number of nitrogens with one attached hydrogen (secondary N) is 1. The molecule has 0 fully saturated rings. The zero-order valence-corrected chi connectivity index (χ0v) is 14.1. The van der Waals surface area contributed by atoms with Crippen LogP contribution in [0.3, 0.4) is 0 Å². The third-order valence-corrected chi connectivity index (χ3v) is 4.09. The number of sulfonamides is 1. The predicted molar refractivity (Wildman–Crippen MR) is 86.9 cm³/mol. The van der Waals surface area contributed by atoms with E-state index in [1.54, 1.807) is 6.92 Å². The third kappa shape index (κ3) is 3.92. The van der Waals surface area contributed by atoms with Gasteiger partial charge in [0.2, 0.25) is 10.0 Å². The normalized spacial score (nSPS) is 11.2. The van der Waals surface area contributed by atoms with Gasteiger partial charge < -0.3 is 10.1 Å². The van der Waals surface area contributed by atoms with Crippen molar-refractivity contribution in [2.45, 2.75) is 11.8 Å². The number of carbonyl (C=O) groups is 1. The van der Waals surface area contributed by atoms with E-state index in [0.29, 0.717) is 0 Å². The third-order valence-electron chi connectivity index (χ3n) is 3.18. The van der Waals surface area contributed by atoms with Gasteiger partial charge >= 0.3 is 5.97 Å². The molecule has 0 saturated heterocycles. The molecule has 12 heteroatoms. The summed E-state index contributed by atoms with van der Waals surface area (Å²) in [7, 11) is -2.58. The fourth-order valence-corrected chi connectivity index (χ4v) is 2.55. The number of carbonyl (C=O) groups excluding carboxylic acids is 1. The Balaban J connectivity index is 2.50. The summed E-state index contributed by atoms with van der Waals surface area (Å²) >= 11 is 0. The number of ether oxygens (including phenoxy) is 1. The molecule has 0 unspecified atom stereocenters. The summed E-state index contributed by atoms with van der Waals surface area (Å²) in [5, 5.41) is 22.9. The molecule has 0 amide bonds. The van der Waals surface area contributed by atoms with E-state index in [1.165, 1.54) is 24.0 Å². The van der Waals surface area contributed by atoms with E-state index < -0.39 is 31.5 Å². The van der Waals surface area contributed by atoms with E-state index in [2.05, 4.69) is 10.4 Å². The Bertz CT molecular complexity index is 936. The van der Waals surface area contributed by atoms with Crippen LogP contribution < -0.4 is 10.5 Å². The molecule has 25 heavy (non-hydrogen) atoms. The molecule has 3 N–H and O–H groups in total. The lowest BCUT2D eigenvalue weighted by Gasteiger charge is -2.10.